The highest BCUT2D eigenvalue weighted by atomic mass is 127. The summed E-state index contributed by atoms with van der Waals surface area (Å²) >= 11 is 5.62. The number of rotatable bonds is 1. The van der Waals surface area contributed by atoms with E-state index in [0.29, 0.717) is 0 Å². The largest absolute Gasteiger partial charge is 0.0970 e. The number of hydrogen-bond acceptors (Lipinski definition) is 0. The quantitative estimate of drug-likeness (QED) is 0.419. The van der Waals surface area contributed by atoms with Gasteiger partial charge in [-0.3, -0.25) is 0 Å². The molecule has 0 aliphatic rings. The van der Waals surface area contributed by atoms with E-state index in [-0.39, 0.29) is 0 Å². The highest BCUT2D eigenvalue weighted by molar-refractivity contribution is 14.1. The summed E-state index contributed by atoms with van der Waals surface area (Å²) in [4.78, 5) is 0. The van der Waals surface area contributed by atoms with Crippen molar-refractivity contribution in [3.63, 3.8) is 0 Å². The third-order valence-electron chi connectivity index (χ3n) is 1.28. The van der Waals surface area contributed by atoms with Crippen molar-refractivity contribution >= 4 is 38.5 Å². The average molecular weight is 335 g/mol. The van der Waals surface area contributed by atoms with E-state index in [1.165, 1.54) is 3.57 Å². The first-order valence-electron chi connectivity index (χ1n) is 3.63. The second-order valence-electron chi connectivity index (χ2n) is 2.25. The van der Waals surface area contributed by atoms with Gasteiger partial charge in [-0.15, -0.1) is 0 Å². The minimum Gasteiger partial charge on any atom is -0.0970 e. The lowest BCUT2D eigenvalue weighted by molar-refractivity contribution is 1.32. The number of hydrogen-bond donors (Lipinski definition) is 0. The van der Waals surface area contributed by atoms with Crippen molar-refractivity contribution in [1.82, 2.24) is 0 Å². The predicted octanol–water partition coefficient (Wildman–Crippen LogP) is 3.43. The molecule has 0 radical (unpaired) electrons. The normalized spacial score (nSPS) is 8.83. The van der Waals surface area contributed by atoms with Crippen LogP contribution in [0.1, 0.15) is 12.0 Å². The first-order valence-corrected chi connectivity index (χ1v) is 5.83. The lowest BCUT2D eigenvalue weighted by Gasteiger charge is -1.90. The molecule has 0 amide bonds. The van der Waals surface area contributed by atoms with Crippen LogP contribution in [-0.2, 0) is 0 Å². The SMILES string of the molecule is BrCCC#Cc1cccc(I)c1. The van der Waals surface area contributed by atoms with Crippen molar-refractivity contribution in [3.8, 4) is 11.8 Å². The molecule has 0 bridgehead atoms. The number of halogens is 2. The van der Waals surface area contributed by atoms with Crippen LogP contribution in [0.5, 0.6) is 0 Å². The fourth-order valence-electron chi connectivity index (χ4n) is 0.778. The van der Waals surface area contributed by atoms with Crippen molar-refractivity contribution in [2.45, 2.75) is 6.42 Å². The van der Waals surface area contributed by atoms with Crippen molar-refractivity contribution in [2.75, 3.05) is 5.33 Å². The van der Waals surface area contributed by atoms with Gasteiger partial charge in [-0.05, 0) is 40.8 Å². The van der Waals surface area contributed by atoms with Gasteiger partial charge in [0, 0.05) is 20.9 Å². The molecule has 2 heteroatoms. The molecule has 0 spiro atoms. The second-order valence-corrected chi connectivity index (χ2v) is 4.29. The summed E-state index contributed by atoms with van der Waals surface area (Å²) < 4.78 is 1.23. The lowest BCUT2D eigenvalue weighted by Crippen LogP contribution is -1.75. The maximum absolute atomic E-state index is 3.33. The monoisotopic (exact) mass is 334 g/mol. The molecule has 62 valence electrons. The first kappa shape index (κ1) is 10.1. The summed E-state index contributed by atoms with van der Waals surface area (Å²) in [5, 5.41) is 0.948. The van der Waals surface area contributed by atoms with Crippen LogP contribution in [0.25, 0.3) is 0 Å². The topological polar surface area (TPSA) is 0 Å². The van der Waals surface area contributed by atoms with E-state index in [1.54, 1.807) is 0 Å². The zero-order valence-corrected chi connectivity index (χ0v) is 10.2. The highest BCUT2D eigenvalue weighted by Crippen LogP contribution is 2.06. The van der Waals surface area contributed by atoms with Gasteiger partial charge < -0.3 is 0 Å². The standard InChI is InChI=1S/C10H8BrI/c11-7-2-1-4-9-5-3-6-10(12)8-9/h3,5-6,8H,2,7H2. The minimum atomic E-state index is 0.908. The Bertz CT molecular complexity index is 309. The van der Waals surface area contributed by atoms with E-state index in [9.17, 15) is 0 Å². The smallest absolute Gasteiger partial charge is 0.0255 e. The summed E-state index contributed by atoms with van der Waals surface area (Å²) in [7, 11) is 0. The molecule has 1 aromatic carbocycles. The molecule has 0 saturated carbocycles. The Hall–Kier alpha value is -0.0100. The molecule has 0 aliphatic carbocycles. The van der Waals surface area contributed by atoms with Crippen LogP contribution in [0, 0.1) is 15.4 Å². The Balaban J connectivity index is 2.71. The minimum absolute atomic E-state index is 0.908. The van der Waals surface area contributed by atoms with Crippen molar-refractivity contribution < 1.29 is 0 Å². The summed E-state index contributed by atoms with van der Waals surface area (Å²) in [6.07, 6.45) is 0.908. The van der Waals surface area contributed by atoms with E-state index >= 15 is 0 Å². The van der Waals surface area contributed by atoms with Gasteiger partial charge in [0.25, 0.3) is 0 Å². The maximum atomic E-state index is 3.33. The summed E-state index contributed by atoms with van der Waals surface area (Å²) in [6, 6.07) is 8.21. The maximum Gasteiger partial charge on any atom is 0.0255 e. The van der Waals surface area contributed by atoms with Crippen LogP contribution < -0.4 is 0 Å². The van der Waals surface area contributed by atoms with Gasteiger partial charge in [0.1, 0.15) is 0 Å². The van der Waals surface area contributed by atoms with Crippen LogP contribution in [0.2, 0.25) is 0 Å². The number of benzene rings is 1. The predicted molar refractivity (Wildman–Crippen MR) is 64.4 cm³/mol. The highest BCUT2D eigenvalue weighted by Gasteiger charge is 1.86. The van der Waals surface area contributed by atoms with E-state index < -0.39 is 0 Å². The molecule has 0 saturated heterocycles. The van der Waals surface area contributed by atoms with Crippen LogP contribution >= 0.6 is 38.5 Å². The van der Waals surface area contributed by atoms with Gasteiger partial charge in [-0.1, -0.05) is 33.8 Å². The molecule has 1 rings (SSSR count). The fourth-order valence-corrected chi connectivity index (χ4v) is 1.52. The zero-order chi connectivity index (χ0) is 8.81. The van der Waals surface area contributed by atoms with Crippen LogP contribution in [0.3, 0.4) is 0 Å². The molecule has 0 heterocycles. The molecule has 1 aromatic rings. The Morgan fingerprint density at radius 1 is 1.42 bits per heavy atom. The molecular formula is C10H8BrI. The Labute approximate surface area is 95.0 Å². The van der Waals surface area contributed by atoms with Crippen molar-refractivity contribution in [1.29, 1.82) is 0 Å². The third kappa shape index (κ3) is 3.59. The summed E-state index contributed by atoms with van der Waals surface area (Å²) in [5.41, 5.74) is 1.10. The van der Waals surface area contributed by atoms with E-state index in [2.05, 4.69) is 62.5 Å². The van der Waals surface area contributed by atoms with Crippen molar-refractivity contribution in [3.05, 3.63) is 33.4 Å². The molecule has 0 aromatic heterocycles. The molecular weight excluding hydrogens is 327 g/mol. The fraction of sp³-hybridized carbons (Fsp3) is 0.200. The molecule has 0 unspecified atom stereocenters. The molecule has 0 atom stereocenters. The Kier molecular flexibility index (Phi) is 4.70. The van der Waals surface area contributed by atoms with E-state index in [0.717, 1.165) is 17.3 Å². The third-order valence-corrected chi connectivity index (χ3v) is 2.34. The van der Waals surface area contributed by atoms with Gasteiger partial charge >= 0.3 is 0 Å². The molecule has 0 N–H and O–H groups in total. The van der Waals surface area contributed by atoms with Gasteiger partial charge in [-0.25, -0.2) is 0 Å². The second kappa shape index (κ2) is 5.60. The molecule has 12 heavy (non-hydrogen) atoms. The van der Waals surface area contributed by atoms with Crippen LogP contribution in [0.15, 0.2) is 24.3 Å². The van der Waals surface area contributed by atoms with Gasteiger partial charge in [0.05, 0.1) is 0 Å². The summed E-state index contributed by atoms with van der Waals surface area (Å²) in [6.45, 7) is 0. The van der Waals surface area contributed by atoms with Gasteiger partial charge in [0.2, 0.25) is 0 Å². The Morgan fingerprint density at radius 3 is 2.92 bits per heavy atom. The van der Waals surface area contributed by atoms with Crippen LogP contribution in [0.4, 0.5) is 0 Å². The molecule has 0 fully saturated rings. The number of alkyl halides is 1. The molecule has 0 aliphatic heterocycles. The van der Waals surface area contributed by atoms with Gasteiger partial charge in [-0.2, -0.15) is 0 Å². The lowest BCUT2D eigenvalue weighted by atomic mass is 10.2. The zero-order valence-electron chi connectivity index (χ0n) is 6.48. The van der Waals surface area contributed by atoms with E-state index in [1.807, 2.05) is 12.1 Å². The van der Waals surface area contributed by atoms with Gasteiger partial charge in [0.15, 0.2) is 0 Å². The van der Waals surface area contributed by atoms with Crippen LogP contribution in [-0.4, -0.2) is 5.33 Å². The van der Waals surface area contributed by atoms with Crippen molar-refractivity contribution in [2.24, 2.45) is 0 Å². The van der Waals surface area contributed by atoms with E-state index in [4.69, 9.17) is 0 Å². The Morgan fingerprint density at radius 2 is 2.25 bits per heavy atom. The average Bonchev–Trinajstić information content (AvgIpc) is 2.05. The summed E-state index contributed by atoms with van der Waals surface area (Å²) in [5.74, 6) is 6.18. The first-order chi connectivity index (χ1) is 5.83. The molecule has 0 nitrogen and oxygen atoms in total.